The van der Waals surface area contributed by atoms with Crippen LogP contribution in [-0.2, 0) is 20.7 Å². The van der Waals surface area contributed by atoms with E-state index in [1.807, 2.05) is 6.07 Å². The lowest BCUT2D eigenvalue weighted by Crippen LogP contribution is -2.26. The van der Waals surface area contributed by atoms with Crippen molar-refractivity contribution in [2.24, 2.45) is 0 Å². The number of rotatable bonds is 7. The maximum absolute atomic E-state index is 12.2. The molecule has 0 saturated carbocycles. The van der Waals surface area contributed by atoms with E-state index in [0.717, 1.165) is 37.1 Å². The summed E-state index contributed by atoms with van der Waals surface area (Å²) in [5.74, 6) is -0.0588. The Labute approximate surface area is 141 Å². The normalized spacial score (nSPS) is 19.7. The molecule has 24 heavy (non-hydrogen) atoms. The topological polar surface area (TPSA) is 76.7 Å². The molecule has 2 aliphatic rings. The summed E-state index contributed by atoms with van der Waals surface area (Å²) in [5, 5.41) is 5.72. The van der Waals surface area contributed by atoms with Crippen LogP contribution in [-0.4, -0.2) is 44.3 Å². The Morgan fingerprint density at radius 2 is 2.29 bits per heavy atom. The Bertz CT molecular complexity index is 597. The lowest BCUT2D eigenvalue weighted by atomic mass is 10.00. The molecule has 2 N–H and O–H groups in total. The van der Waals surface area contributed by atoms with Gasteiger partial charge >= 0.3 is 0 Å². The third-order valence-corrected chi connectivity index (χ3v) is 4.34. The van der Waals surface area contributed by atoms with Crippen molar-refractivity contribution in [1.29, 1.82) is 0 Å². The van der Waals surface area contributed by atoms with Gasteiger partial charge in [0.15, 0.2) is 0 Å². The Morgan fingerprint density at radius 3 is 3.12 bits per heavy atom. The van der Waals surface area contributed by atoms with Gasteiger partial charge in [-0.15, -0.1) is 0 Å². The van der Waals surface area contributed by atoms with Gasteiger partial charge in [0.1, 0.15) is 0 Å². The fourth-order valence-corrected chi connectivity index (χ4v) is 2.99. The highest BCUT2D eigenvalue weighted by Gasteiger charge is 2.17. The molecule has 0 aliphatic carbocycles. The van der Waals surface area contributed by atoms with E-state index in [4.69, 9.17) is 9.47 Å². The Hall–Kier alpha value is -1.92. The van der Waals surface area contributed by atoms with Crippen molar-refractivity contribution in [3.63, 3.8) is 0 Å². The molecule has 1 aromatic carbocycles. The highest BCUT2D eigenvalue weighted by molar-refractivity contribution is 5.97. The summed E-state index contributed by atoms with van der Waals surface area (Å²) in [6.45, 7) is 2.69. The van der Waals surface area contributed by atoms with Crippen LogP contribution in [0, 0.1) is 0 Å². The van der Waals surface area contributed by atoms with Gasteiger partial charge in [0.2, 0.25) is 5.91 Å². The number of nitrogens with one attached hydrogen (secondary N) is 2. The highest BCUT2D eigenvalue weighted by atomic mass is 16.5. The predicted octanol–water partition coefficient (Wildman–Crippen LogP) is 1.89. The number of carbonyl (C=O) groups excluding carboxylic acids is 2. The first-order chi connectivity index (χ1) is 11.7. The summed E-state index contributed by atoms with van der Waals surface area (Å²) in [7, 11) is 0. The van der Waals surface area contributed by atoms with Crippen LogP contribution >= 0.6 is 0 Å². The average molecular weight is 332 g/mol. The van der Waals surface area contributed by atoms with Crippen molar-refractivity contribution in [2.75, 3.05) is 31.7 Å². The zero-order valence-corrected chi connectivity index (χ0v) is 13.8. The molecule has 1 fully saturated rings. The first kappa shape index (κ1) is 16.9. The van der Waals surface area contributed by atoms with Crippen molar-refractivity contribution >= 4 is 17.5 Å². The van der Waals surface area contributed by atoms with Crippen molar-refractivity contribution in [3.05, 3.63) is 29.3 Å². The number of aryl methyl sites for hydroxylation is 1. The average Bonchev–Trinajstić information content (AvgIpc) is 3.10. The molecular weight excluding hydrogens is 308 g/mol. The van der Waals surface area contributed by atoms with E-state index in [1.165, 1.54) is 0 Å². The molecule has 3 rings (SSSR count). The van der Waals surface area contributed by atoms with Gasteiger partial charge in [0.25, 0.3) is 5.91 Å². The quantitative estimate of drug-likeness (QED) is 0.748. The highest BCUT2D eigenvalue weighted by Crippen LogP contribution is 2.23. The van der Waals surface area contributed by atoms with Crippen molar-refractivity contribution in [2.45, 2.75) is 38.2 Å². The monoisotopic (exact) mass is 332 g/mol. The van der Waals surface area contributed by atoms with E-state index in [1.54, 1.807) is 12.1 Å². The van der Waals surface area contributed by atoms with E-state index < -0.39 is 0 Å². The molecule has 0 radical (unpaired) electrons. The van der Waals surface area contributed by atoms with Gasteiger partial charge in [-0.1, -0.05) is 0 Å². The van der Waals surface area contributed by atoms with Crippen LogP contribution in [0.2, 0.25) is 0 Å². The smallest absolute Gasteiger partial charge is 0.251 e. The van der Waals surface area contributed by atoms with Gasteiger partial charge < -0.3 is 20.1 Å². The molecule has 130 valence electrons. The zero-order chi connectivity index (χ0) is 16.8. The number of carbonyl (C=O) groups is 2. The van der Waals surface area contributed by atoms with E-state index >= 15 is 0 Å². The number of hydrogen-bond donors (Lipinski definition) is 2. The third-order valence-electron chi connectivity index (χ3n) is 4.34. The van der Waals surface area contributed by atoms with E-state index in [2.05, 4.69) is 10.6 Å². The summed E-state index contributed by atoms with van der Waals surface area (Å²) in [5.41, 5.74) is 2.46. The van der Waals surface area contributed by atoms with Gasteiger partial charge in [-0.25, -0.2) is 0 Å². The standard InChI is InChI=1S/C18H24N2O4/c21-17-7-5-13-11-14(4-6-16(13)20-17)18(22)19-8-2-9-23-12-15-3-1-10-24-15/h4,6,11,15H,1-3,5,7-10,12H2,(H,19,22)(H,20,21). The van der Waals surface area contributed by atoms with Gasteiger partial charge in [0, 0.05) is 37.4 Å². The van der Waals surface area contributed by atoms with E-state index in [-0.39, 0.29) is 17.9 Å². The minimum atomic E-state index is -0.0890. The number of benzene rings is 1. The third kappa shape index (κ3) is 4.55. The largest absolute Gasteiger partial charge is 0.379 e. The molecule has 1 unspecified atom stereocenters. The fourth-order valence-electron chi connectivity index (χ4n) is 2.99. The fraction of sp³-hybridized carbons (Fsp3) is 0.556. The van der Waals surface area contributed by atoms with E-state index in [9.17, 15) is 9.59 Å². The van der Waals surface area contributed by atoms with E-state index in [0.29, 0.717) is 38.2 Å². The van der Waals surface area contributed by atoms with Crippen LogP contribution in [0.4, 0.5) is 5.69 Å². The van der Waals surface area contributed by atoms with Crippen molar-refractivity contribution < 1.29 is 19.1 Å². The summed E-state index contributed by atoms with van der Waals surface area (Å²) in [6.07, 6.45) is 4.37. The molecule has 6 nitrogen and oxygen atoms in total. The Balaban J connectivity index is 1.36. The first-order valence-electron chi connectivity index (χ1n) is 8.63. The molecule has 0 spiro atoms. The van der Waals surface area contributed by atoms with Gasteiger partial charge in [-0.2, -0.15) is 0 Å². The van der Waals surface area contributed by atoms with Crippen LogP contribution in [0.3, 0.4) is 0 Å². The number of amides is 2. The SMILES string of the molecule is O=C1CCc2cc(C(=O)NCCCOCC3CCCO3)ccc2N1. The first-order valence-corrected chi connectivity index (χ1v) is 8.63. The maximum Gasteiger partial charge on any atom is 0.251 e. The minimum absolute atomic E-state index is 0.0303. The van der Waals surface area contributed by atoms with Crippen LogP contribution in [0.5, 0.6) is 0 Å². The summed E-state index contributed by atoms with van der Waals surface area (Å²) in [4.78, 5) is 23.5. The number of ether oxygens (including phenoxy) is 2. The molecule has 0 bridgehead atoms. The molecular formula is C18H24N2O4. The van der Waals surface area contributed by atoms with Crippen molar-refractivity contribution in [3.8, 4) is 0 Å². The second-order valence-electron chi connectivity index (χ2n) is 6.24. The molecule has 2 amide bonds. The number of fused-ring (bicyclic) bond motifs is 1. The molecule has 1 saturated heterocycles. The maximum atomic E-state index is 12.2. The lowest BCUT2D eigenvalue weighted by molar-refractivity contribution is -0.116. The van der Waals surface area contributed by atoms with Gasteiger partial charge in [-0.05, 0) is 49.4 Å². The second-order valence-corrected chi connectivity index (χ2v) is 6.24. The lowest BCUT2D eigenvalue weighted by Gasteiger charge is -2.17. The zero-order valence-electron chi connectivity index (χ0n) is 13.8. The summed E-state index contributed by atoms with van der Waals surface area (Å²) in [6, 6.07) is 5.40. The van der Waals surface area contributed by atoms with Crippen LogP contribution < -0.4 is 10.6 Å². The predicted molar refractivity (Wildman–Crippen MR) is 90.1 cm³/mol. The molecule has 2 aliphatic heterocycles. The Morgan fingerprint density at radius 1 is 1.38 bits per heavy atom. The van der Waals surface area contributed by atoms with Gasteiger partial charge in [0.05, 0.1) is 12.7 Å². The van der Waals surface area contributed by atoms with Crippen molar-refractivity contribution in [1.82, 2.24) is 5.32 Å². The molecule has 6 heteroatoms. The molecule has 2 heterocycles. The van der Waals surface area contributed by atoms with Crippen LogP contribution in [0.25, 0.3) is 0 Å². The molecule has 1 aromatic rings. The number of hydrogen-bond acceptors (Lipinski definition) is 4. The van der Waals surface area contributed by atoms with Gasteiger partial charge in [-0.3, -0.25) is 9.59 Å². The van der Waals surface area contributed by atoms with Crippen LogP contribution in [0.15, 0.2) is 18.2 Å². The Kier molecular flexibility index (Phi) is 5.82. The second kappa shape index (κ2) is 8.26. The molecule has 0 aromatic heterocycles. The molecule has 1 atom stereocenters. The minimum Gasteiger partial charge on any atom is -0.379 e. The summed E-state index contributed by atoms with van der Waals surface area (Å²) >= 11 is 0. The van der Waals surface area contributed by atoms with Crippen LogP contribution in [0.1, 0.15) is 41.6 Å². The number of anilines is 1. The summed E-state index contributed by atoms with van der Waals surface area (Å²) < 4.78 is 11.1.